The summed E-state index contributed by atoms with van der Waals surface area (Å²) in [5, 5.41) is 8.16. The van der Waals surface area contributed by atoms with Crippen molar-refractivity contribution >= 4 is 11.5 Å². The predicted octanol–water partition coefficient (Wildman–Crippen LogP) is 2.47. The first-order chi connectivity index (χ1) is 9.65. The van der Waals surface area contributed by atoms with Gasteiger partial charge in [-0.3, -0.25) is 0 Å². The Morgan fingerprint density at radius 2 is 1.85 bits per heavy atom. The number of nitrogen functional groups attached to an aromatic ring is 1. The third-order valence-electron chi connectivity index (χ3n) is 4.08. The molecule has 0 radical (unpaired) electrons. The SMILES string of the molecule is CCCN1CCC(Nc2c(N)c(C)nn2CCC)CC1. The highest BCUT2D eigenvalue weighted by Crippen LogP contribution is 2.25. The third-order valence-corrected chi connectivity index (χ3v) is 4.08. The lowest BCUT2D eigenvalue weighted by atomic mass is 10.0. The summed E-state index contributed by atoms with van der Waals surface area (Å²) in [5.41, 5.74) is 7.92. The molecule has 1 aromatic rings. The number of likely N-dealkylation sites (tertiary alicyclic amines) is 1. The van der Waals surface area contributed by atoms with Crippen LogP contribution in [0.1, 0.15) is 45.2 Å². The average molecular weight is 279 g/mol. The normalized spacial score (nSPS) is 17.6. The van der Waals surface area contributed by atoms with E-state index in [-0.39, 0.29) is 0 Å². The first kappa shape index (κ1) is 15.2. The summed E-state index contributed by atoms with van der Waals surface area (Å²) in [6.07, 6.45) is 4.70. The van der Waals surface area contributed by atoms with E-state index in [2.05, 4.69) is 29.2 Å². The smallest absolute Gasteiger partial charge is 0.148 e. The largest absolute Gasteiger partial charge is 0.394 e. The van der Waals surface area contributed by atoms with E-state index in [9.17, 15) is 0 Å². The molecule has 0 aliphatic carbocycles. The van der Waals surface area contributed by atoms with Crippen LogP contribution in [-0.4, -0.2) is 40.4 Å². The molecule has 0 bridgehead atoms. The molecule has 1 aromatic heterocycles. The fraction of sp³-hybridized carbons (Fsp3) is 0.800. The Labute approximate surface area is 122 Å². The van der Waals surface area contributed by atoms with Gasteiger partial charge in [-0.15, -0.1) is 0 Å². The summed E-state index contributed by atoms with van der Waals surface area (Å²) in [5.74, 6) is 1.03. The molecule has 0 spiro atoms. The standard InChI is InChI=1S/C15H29N5/c1-4-8-19-10-6-13(7-11-19)17-15-14(16)12(3)18-20(15)9-5-2/h13,17H,4-11,16H2,1-3H3. The van der Waals surface area contributed by atoms with E-state index in [0.717, 1.165) is 30.2 Å². The van der Waals surface area contributed by atoms with Crippen molar-refractivity contribution in [3.8, 4) is 0 Å². The summed E-state index contributed by atoms with van der Waals surface area (Å²) in [6, 6.07) is 0.525. The molecule has 0 saturated carbocycles. The first-order valence-electron chi connectivity index (χ1n) is 7.97. The van der Waals surface area contributed by atoms with Crippen molar-refractivity contribution in [2.75, 3.05) is 30.7 Å². The van der Waals surface area contributed by atoms with Crippen molar-refractivity contribution in [2.45, 2.75) is 59.0 Å². The molecule has 2 rings (SSSR count). The highest BCUT2D eigenvalue weighted by Gasteiger charge is 2.21. The Morgan fingerprint density at radius 1 is 1.20 bits per heavy atom. The molecule has 20 heavy (non-hydrogen) atoms. The zero-order valence-corrected chi connectivity index (χ0v) is 13.2. The molecule has 5 nitrogen and oxygen atoms in total. The van der Waals surface area contributed by atoms with E-state index in [1.807, 2.05) is 11.6 Å². The minimum Gasteiger partial charge on any atom is -0.394 e. The summed E-state index contributed by atoms with van der Waals surface area (Å²) in [7, 11) is 0. The zero-order chi connectivity index (χ0) is 14.5. The minimum absolute atomic E-state index is 0.525. The van der Waals surface area contributed by atoms with E-state index >= 15 is 0 Å². The number of aromatic nitrogens is 2. The molecule has 1 fully saturated rings. The van der Waals surface area contributed by atoms with E-state index < -0.39 is 0 Å². The van der Waals surface area contributed by atoms with Gasteiger partial charge in [0.05, 0.1) is 11.4 Å². The second kappa shape index (κ2) is 6.97. The van der Waals surface area contributed by atoms with Gasteiger partial charge >= 0.3 is 0 Å². The fourth-order valence-electron chi connectivity index (χ4n) is 2.93. The number of hydrogen-bond acceptors (Lipinski definition) is 4. The van der Waals surface area contributed by atoms with Gasteiger partial charge in [-0.1, -0.05) is 13.8 Å². The Bertz CT molecular complexity index is 418. The molecule has 1 saturated heterocycles. The number of hydrogen-bond donors (Lipinski definition) is 2. The van der Waals surface area contributed by atoms with Gasteiger partial charge in [-0.25, -0.2) is 4.68 Å². The maximum atomic E-state index is 6.17. The molecule has 0 aromatic carbocycles. The number of aryl methyl sites for hydroxylation is 2. The summed E-state index contributed by atoms with van der Waals surface area (Å²) in [4.78, 5) is 2.55. The van der Waals surface area contributed by atoms with Crippen LogP contribution in [0.4, 0.5) is 11.5 Å². The topological polar surface area (TPSA) is 59.1 Å². The van der Waals surface area contributed by atoms with Crippen LogP contribution in [0.2, 0.25) is 0 Å². The lowest BCUT2D eigenvalue weighted by Crippen LogP contribution is -2.39. The van der Waals surface area contributed by atoms with Crippen LogP contribution in [-0.2, 0) is 6.54 Å². The van der Waals surface area contributed by atoms with Crippen LogP contribution in [0.15, 0.2) is 0 Å². The Kier molecular flexibility index (Phi) is 5.29. The molecule has 3 N–H and O–H groups in total. The highest BCUT2D eigenvalue weighted by atomic mass is 15.3. The van der Waals surface area contributed by atoms with Crippen LogP contribution < -0.4 is 11.1 Å². The van der Waals surface area contributed by atoms with E-state index in [0.29, 0.717) is 6.04 Å². The third kappa shape index (κ3) is 3.45. The molecular weight excluding hydrogens is 250 g/mol. The maximum absolute atomic E-state index is 6.17. The van der Waals surface area contributed by atoms with Gasteiger partial charge in [-0.05, 0) is 39.2 Å². The summed E-state index contributed by atoms with van der Waals surface area (Å²) in [6.45, 7) is 10.9. The quantitative estimate of drug-likeness (QED) is 0.840. The summed E-state index contributed by atoms with van der Waals surface area (Å²) < 4.78 is 2.03. The lowest BCUT2D eigenvalue weighted by Gasteiger charge is -2.32. The van der Waals surface area contributed by atoms with Crippen LogP contribution >= 0.6 is 0 Å². The summed E-state index contributed by atoms with van der Waals surface area (Å²) >= 11 is 0. The number of nitrogens with one attached hydrogen (secondary N) is 1. The lowest BCUT2D eigenvalue weighted by molar-refractivity contribution is 0.219. The van der Waals surface area contributed by atoms with Gasteiger partial charge in [0.2, 0.25) is 0 Å². The number of rotatable bonds is 6. The van der Waals surface area contributed by atoms with E-state index in [1.165, 1.54) is 38.9 Å². The average Bonchev–Trinajstić information content (AvgIpc) is 2.70. The highest BCUT2D eigenvalue weighted by molar-refractivity contribution is 5.65. The van der Waals surface area contributed by atoms with Gasteiger partial charge in [0, 0.05) is 25.7 Å². The maximum Gasteiger partial charge on any atom is 0.148 e. The number of anilines is 2. The molecule has 2 heterocycles. The van der Waals surface area contributed by atoms with Crippen LogP contribution in [0.5, 0.6) is 0 Å². The van der Waals surface area contributed by atoms with Crippen LogP contribution in [0.3, 0.4) is 0 Å². The monoisotopic (exact) mass is 279 g/mol. The van der Waals surface area contributed by atoms with Crippen LogP contribution in [0, 0.1) is 6.92 Å². The zero-order valence-electron chi connectivity index (χ0n) is 13.2. The Balaban J connectivity index is 1.97. The van der Waals surface area contributed by atoms with Gasteiger partial charge in [-0.2, -0.15) is 5.10 Å². The molecule has 5 heteroatoms. The van der Waals surface area contributed by atoms with Gasteiger partial charge in [0.25, 0.3) is 0 Å². The van der Waals surface area contributed by atoms with Crippen molar-refractivity contribution in [1.82, 2.24) is 14.7 Å². The van der Waals surface area contributed by atoms with Gasteiger partial charge < -0.3 is 16.0 Å². The van der Waals surface area contributed by atoms with E-state index in [4.69, 9.17) is 5.73 Å². The second-order valence-corrected chi connectivity index (χ2v) is 5.83. The Morgan fingerprint density at radius 3 is 2.45 bits per heavy atom. The molecular formula is C15H29N5. The molecule has 1 aliphatic heterocycles. The first-order valence-corrected chi connectivity index (χ1v) is 7.97. The number of nitrogens with two attached hydrogens (primary N) is 1. The van der Waals surface area contributed by atoms with Crippen molar-refractivity contribution in [3.63, 3.8) is 0 Å². The van der Waals surface area contributed by atoms with Crippen molar-refractivity contribution in [2.24, 2.45) is 0 Å². The van der Waals surface area contributed by atoms with E-state index in [1.54, 1.807) is 0 Å². The second-order valence-electron chi connectivity index (χ2n) is 5.83. The predicted molar refractivity (Wildman–Crippen MR) is 85.0 cm³/mol. The number of nitrogens with zero attached hydrogens (tertiary/aromatic N) is 3. The van der Waals surface area contributed by atoms with Crippen molar-refractivity contribution < 1.29 is 0 Å². The Hall–Kier alpha value is -1.23. The molecule has 0 atom stereocenters. The van der Waals surface area contributed by atoms with Gasteiger partial charge in [0.1, 0.15) is 5.82 Å². The van der Waals surface area contributed by atoms with Crippen molar-refractivity contribution in [1.29, 1.82) is 0 Å². The molecule has 0 amide bonds. The molecule has 114 valence electrons. The molecule has 0 unspecified atom stereocenters. The fourth-order valence-corrected chi connectivity index (χ4v) is 2.93. The molecule has 1 aliphatic rings. The van der Waals surface area contributed by atoms with Crippen molar-refractivity contribution in [3.05, 3.63) is 5.69 Å². The van der Waals surface area contributed by atoms with Crippen LogP contribution in [0.25, 0.3) is 0 Å². The minimum atomic E-state index is 0.525. The number of piperidine rings is 1. The van der Waals surface area contributed by atoms with Gasteiger partial charge in [0.15, 0.2) is 0 Å².